The number of aromatic nitrogens is 1. The van der Waals surface area contributed by atoms with Crippen LogP contribution in [0.3, 0.4) is 0 Å². The van der Waals surface area contributed by atoms with Crippen LogP contribution < -0.4 is 0 Å². The van der Waals surface area contributed by atoms with E-state index in [1.54, 1.807) is 4.90 Å². The lowest BCUT2D eigenvalue weighted by Crippen LogP contribution is -2.49. The van der Waals surface area contributed by atoms with Crippen LogP contribution in [-0.4, -0.2) is 52.0 Å². The van der Waals surface area contributed by atoms with Crippen molar-refractivity contribution >= 4 is 11.8 Å². The number of halogens is 3. The molecule has 0 bridgehead atoms. The second-order valence-corrected chi connectivity index (χ2v) is 6.02. The van der Waals surface area contributed by atoms with E-state index < -0.39 is 12.1 Å². The molecule has 1 fully saturated rings. The zero-order chi connectivity index (χ0) is 16.6. The molecule has 5 nitrogen and oxygen atoms in total. The minimum atomic E-state index is -4.84. The molecular formula is C15H18F3N3O2. The number of likely N-dealkylation sites (tertiary alicyclic amines) is 1. The van der Waals surface area contributed by atoms with Crippen molar-refractivity contribution in [2.45, 2.75) is 32.1 Å². The average Bonchev–Trinajstić information content (AvgIpc) is 3.00. The third-order valence-corrected chi connectivity index (χ3v) is 4.57. The lowest BCUT2D eigenvalue weighted by molar-refractivity contribution is -0.187. The molecule has 1 aromatic rings. The minimum absolute atomic E-state index is 0.0149. The van der Waals surface area contributed by atoms with Crippen molar-refractivity contribution in [3.63, 3.8) is 0 Å². The fraction of sp³-hybridized carbons (Fsp3) is 0.600. The van der Waals surface area contributed by atoms with Crippen LogP contribution in [0, 0.1) is 5.92 Å². The van der Waals surface area contributed by atoms with Gasteiger partial charge in [0.05, 0.1) is 6.54 Å². The lowest BCUT2D eigenvalue weighted by Gasteiger charge is -2.36. The molecule has 2 amide bonds. The van der Waals surface area contributed by atoms with Crippen molar-refractivity contribution in [3.05, 3.63) is 24.0 Å². The molecule has 8 heteroatoms. The van der Waals surface area contributed by atoms with Crippen molar-refractivity contribution in [1.29, 1.82) is 0 Å². The summed E-state index contributed by atoms with van der Waals surface area (Å²) < 4.78 is 39.4. The van der Waals surface area contributed by atoms with E-state index in [2.05, 4.69) is 4.57 Å². The monoisotopic (exact) mass is 329 g/mol. The number of rotatable bonds is 1. The van der Waals surface area contributed by atoms with Gasteiger partial charge in [-0.05, 0) is 25.0 Å². The largest absolute Gasteiger partial charge is 0.471 e. The Morgan fingerprint density at radius 2 is 1.74 bits per heavy atom. The quantitative estimate of drug-likeness (QED) is 0.786. The normalized spacial score (nSPS) is 19.6. The van der Waals surface area contributed by atoms with Gasteiger partial charge in [0.25, 0.3) is 0 Å². The van der Waals surface area contributed by atoms with E-state index in [-0.39, 0.29) is 37.8 Å². The van der Waals surface area contributed by atoms with Crippen molar-refractivity contribution < 1.29 is 22.8 Å². The fourth-order valence-corrected chi connectivity index (χ4v) is 3.27. The van der Waals surface area contributed by atoms with Gasteiger partial charge in [0.15, 0.2) is 0 Å². The first-order valence-electron chi connectivity index (χ1n) is 7.65. The first-order chi connectivity index (χ1) is 10.9. The van der Waals surface area contributed by atoms with Gasteiger partial charge < -0.3 is 14.4 Å². The first-order valence-corrected chi connectivity index (χ1v) is 7.65. The van der Waals surface area contributed by atoms with E-state index in [9.17, 15) is 22.8 Å². The molecule has 1 aromatic heterocycles. The average molecular weight is 329 g/mol. The highest BCUT2D eigenvalue weighted by Gasteiger charge is 2.44. The Morgan fingerprint density at radius 1 is 1.04 bits per heavy atom. The summed E-state index contributed by atoms with van der Waals surface area (Å²) in [5.74, 6) is -2.12. The maximum atomic E-state index is 12.5. The van der Waals surface area contributed by atoms with Crippen molar-refractivity contribution in [1.82, 2.24) is 14.4 Å². The van der Waals surface area contributed by atoms with Gasteiger partial charge in [0.1, 0.15) is 0 Å². The Balaban J connectivity index is 1.56. The van der Waals surface area contributed by atoms with E-state index in [4.69, 9.17) is 0 Å². The number of alkyl halides is 3. The number of amides is 2. The van der Waals surface area contributed by atoms with E-state index >= 15 is 0 Å². The highest BCUT2D eigenvalue weighted by Crippen LogP contribution is 2.26. The van der Waals surface area contributed by atoms with Gasteiger partial charge in [0, 0.05) is 44.0 Å². The van der Waals surface area contributed by atoms with Crippen molar-refractivity contribution in [3.8, 4) is 0 Å². The molecule has 0 N–H and O–H groups in total. The number of hydrogen-bond donors (Lipinski definition) is 0. The van der Waals surface area contributed by atoms with Crippen LogP contribution >= 0.6 is 0 Å². The second kappa shape index (κ2) is 5.90. The summed E-state index contributed by atoms with van der Waals surface area (Å²) in [5, 5.41) is 0. The summed E-state index contributed by atoms with van der Waals surface area (Å²) in [7, 11) is 0. The minimum Gasteiger partial charge on any atom is -0.348 e. The first kappa shape index (κ1) is 15.9. The molecule has 2 aliphatic heterocycles. The Labute approximate surface area is 131 Å². The molecule has 0 aliphatic carbocycles. The molecule has 0 aromatic carbocycles. The number of carbonyl (C=O) groups is 2. The molecule has 3 rings (SSSR count). The van der Waals surface area contributed by atoms with Gasteiger partial charge in [-0.1, -0.05) is 0 Å². The van der Waals surface area contributed by atoms with E-state index in [1.165, 1.54) is 0 Å². The summed E-state index contributed by atoms with van der Waals surface area (Å²) in [4.78, 5) is 26.3. The van der Waals surface area contributed by atoms with Crippen LogP contribution in [0.1, 0.15) is 18.5 Å². The third kappa shape index (κ3) is 3.20. The predicted molar refractivity (Wildman–Crippen MR) is 75.2 cm³/mol. The molecule has 0 spiro atoms. The molecule has 23 heavy (non-hydrogen) atoms. The summed E-state index contributed by atoms with van der Waals surface area (Å²) in [6, 6.07) is 3.90. The molecule has 1 saturated heterocycles. The van der Waals surface area contributed by atoms with Crippen LogP contribution in [0.15, 0.2) is 18.3 Å². The Hall–Kier alpha value is -1.99. The van der Waals surface area contributed by atoms with Gasteiger partial charge in [0.2, 0.25) is 5.91 Å². The topological polar surface area (TPSA) is 45.6 Å². The zero-order valence-corrected chi connectivity index (χ0v) is 12.6. The molecule has 126 valence electrons. The highest BCUT2D eigenvalue weighted by molar-refractivity contribution is 5.83. The standard InChI is InChI=1S/C15H18F3N3O2/c16-15(17,18)14(23)20-6-3-11(4-7-20)13(22)21-9-8-19-5-1-2-12(19)10-21/h1-2,5,11H,3-4,6-10H2. The lowest BCUT2D eigenvalue weighted by atomic mass is 9.95. The van der Waals surface area contributed by atoms with Crippen molar-refractivity contribution in [2.75, 3.05) is 19.6 Å². The summed E-state index contributed by atoms with van der Waals surface area (Å²) in [6.07, 6.45) is -2.29. The maximum Gasteiger partial charge on any atom is 0.471 e. The summed E-state index contributed by atoms with van der Waals surface area (Å²) in [6.45, 7) is 1.85. The van der Waals surface area contributed by atoms with Crippen LogP contribution in [0.4, 0.5) is 13.2 Å². The summed E-state index contributed by atoms with van der Waals surface area (Å²) in [5.41, 5.74) is 1.06. The van der Waals surface area contributed by atoms with E-state index in [0.717, 1.165) is 17.1 Å². The van der Waals surface area contributed by atoms with Crippen molar-refractivity contribution in [2.24, 2.45) is 5.92 Å². The molecular weight excluding hydrogens is 311 g/mol. The van der Waals surface area contributed by atoms with E-state index in [0.29, 0.717) is 13.1 Å². The van der Waals surface area contributed by atoms with Gasteiger partial charge in [-0.3, -0.25) is 9.59 Å². The zero-order valence-electron chi connectivity index (χ0n) is 12.6. The smallest absolute Gasteiger partial charge is 0.348 e. The van der Waals surface area contributed by atoms with Gasteiger partial charge >= 0.3 is 12.1 Å². The van der Waals surface area contributed by atoms with E-state index in [1.807, 2.05) is 18.3 Å². The summed E-state index contributed by atoms with van der Waals surface area (Å²) >= 11 is 0. The number of carbonyl (C=O) groups excluding carboxylic acids is 2. The predicted octanol–water partition coefficient (Wildman–Crippen LogP) is 1.63. The van der Waals surface area contributed by atoms with Crippen LogP contribution in [-0.2, 0) is 22.7 Å². The number of fused-ring (bicyclic) bond motifs is 1. The van der Waals surface area contributed by atoms with Crippen LogP contribution in [0.2, 0.25) is 0 Å². The van der Waals surface area contributed by atoms with Gasteiger partial charge in [-0.25, -0.2) is 0 Å². The number of piperidine rings is 1. The third-order valence-electron chi connectivity index (χ3n) is 4.57. The van der Waals surface area contributed by atoms with Crippen LogP contribution in [0.25, 0.3) is 0 Å². The molecule has 0 unspecified atom stereocenters. The van der Waals surface area contributed by atoms with Gasteiger partial charge in [-0.2, -0.15) is 13.2 Å². The molecule has 0 atom stereocenters. The maximum absolute atomic E-state index is 12.5. The molecule has 0 saturated carbocycles. The highest BCUT2D eigenvalue weighted by atomic mass is 19.4. The Morgan fingerprint density at radius 3 is 2.39 bits per heavy atom. The Kier molecular flexibility index (Phi) is 4.08. The fourth-order valence-electron chi connectivity index (χ4n) is 3.27. The van der Waals surface area contributed by atoms with Crippen LogP contribution in [0.5, 0.6) is 0 Å². The second-order valence-electron chi connectivity index (χ2n) is 6.02. The number of hydrogen-bond acceptors (Lipinski definition) is 2. The molecule has 0 radical (unpaired) electrons. The number of nitrogens with zero attached hydrogens (tertiary/aromatic N) is 3. The SMILES string of the molecule is O=C(C1CCN(C(=O)C(F)(F)F)CC1)N1CCn2cccc2C1. The molecule has 2 aliphatic rings. The Bertz CT molecular complexity index is 603. The molecule has 3 heterocycles. The van der Waals surface area contributed by atoms with Gasteiger partial charge in [-0.15, -0.1) is 0 Å².